The maximum Gasteiger partial charge on any atom is 0.326 e. The predicted molar refractivity (Wildman–Crippen MR) is 73.4 cm³/mol. The van der Waals surface area contributed by atoms with Gasteiger partial charge in [0.2, 0.25) is 5.91 Å². The number of anilines is 2. The zero-order valence-corrected chi connectivity index (χ0v) is 10.9. The van der Waals surface area contributed by atoms with Gasteiger partial charge in [0, 0.05) is 24.3 Å². The summed E-state index contributed by atoms with van der Waals surface area (Å²) in [5.74, 6) is -0.709. The van der Waals surface area contributed by atoms with Crippen LogP contribution in [0.25, 0.3) is 0 Å². The zero-order valence-electron chi connectivity index (χ0n) is 10.9. The fraction of sp³-hybridized carbons (Fsp3) is 0.429. The summed E-state index contributed by atoms with van der Waals surface area (Å²) < 4.78 is 0. The second-order valence-electron chi connectivity index (χ2n) is 4.64. The molecule has 1 aromatic rings. The fourth-order valence-corrected chi connectivity index (χ4v) is 2.20. The molecule has 0 spiro atoms. The average Bonchev–Trinajstić information content (AvgIpc) is 2.82. The molecule has 0 saturated carbocycles. The van der Waals surface area contributed by atoms with Crippen LogP contribution in [0.3, 0.4) is 0 Å². The zero-order chi connectivity index (χ0) is 13.8. The molecule has 102 valence electrons. The molecule has 0 aromatic heterocycles. The minimum absolute atomic E-state index is 0.151. The first-order valence-electron chi connectivity index (χ1n) is 6.51. The SMILES string of the molecule is CCC(Nc1ccc(N2CCCC2=O)cc1)C(=O)O. The molecule has 1 fully saturated rings. The van der Waals surface area contributed by atoms with E-state index < -0.39 is 12.0 Å². The summed E-state index contributed by atoms with van der Waals surface area (Å²) in [7, 11) is 0. The molecule has 5 nitrogen and oxygen atoms in total. The van der Waals surface area contributed by atoms with E-state index in [9.17, 15) is 9.59 Å². The van der Waals surface area contributed by atoms with Crippen LogP contribution >= 0.6 is 0 Å². The van der Waals surface area contributed by atoms with Crippen LogP contribution in [-0.2, 0) is 9.59 Å². The molecule has 5 heteroatoms. The van der Waals surface area contributed by atoms with E-state index in [2.05, 4.69) is 5.32 Å². The van der Waals surface area contributed by atoms with Gasteiger partial charge in [0.1, 0.15) is 6.04 Å². The summed E-state index contributed by atoms with van der Waals surface area (Å²) in [6.45, 7) is 2.58. The second kappa shape index (κ2) is 5.73. The van der Waals surface area contributed by atoms with Gasteiger partial charge < -0.3 is 15.3 Å². The quantitative estimate of drug-likeness (QED) is 0.852. The molecule has 19 heavy (non-hydrogen) atoms. The van der Waals surface area contributed by atoms with E-state index in [0.717, 1.165) is 24.3 Å². The molecule has 0 bridgehead atoms. The van der Waals surface area contributed by atoms with Gasteiger partial charge in [-0.05, 0) is 37.1 Å². The Morgan fingerprint density at radius 2 is 2.11 bits per heavy atom. The number of nitrogens with one attached hydrogen (secondary N) is 1. The summed E-state index contributed by atoms with van der Waals surface area (Å²) in [6.07, 6.45) is 2.02. The molecule has 1 saturated heterocycles. The lowest BCUT2D eigenvalue weighted by Crippen LogP contribution is -2.28. The molecular formula is C14H18N2O3. The molecule has 0 radical (unpaired) electrons. The fourth-order valence-electron chi connectivity index (χ4n) is 2.20. The summed E-state index contributed by atoms with van der Waals surface area (Å²) >= 11 is 0. The number of hydrogen-bond donors (Lipinski definition) is 2. The predicted octanol–water partition coefficient (Wildman–Crippen LogP) is 2.09. The minimum atomic E-state index is -0.860. The van der Waals surface area contributed by atoms with Crippen molar-refractivity contribution >= 4 is 23.3 Å². The monoisotopic (exact) mass is 262 g/mol. The van der Waals surface area contributed by atoms with Gasteiger partial charge in [0.15, 0.2) is 0 Å². The van der Waals surface area contributed by atoms with Gasteiger partial charge >= 0.3 is 5.97 Å². The first-order chi connectivity index (χ1) is 9.11. The Labute approximate surface area is 112 Å². The maximum absolute atomic E-state index is 11.6. The van der Waals surface area contributed by atoms with E-state index in [1.807, 2.05) is 31.2 Å². The van der Waals surface area contributed by atoms with Crippen molar-refractivity contribution in [2.45, 2.75) is 32.2 Å². The largest absolute Gasteiger partial charge is 0.480 e. The van der Waals surface area contributed by atoms with Crippen LogP contribution in [0.15, 0.2) is 24.3 Å². The van der Waals surface area contributed by atoms with Gasteiger partial charge in [0.05, 0.1) is 0 Å². The average molecular weight is 262 g/mol. The third kappa shape index (κ3) is 3.05. The topological polar surface area (TPSA) is 69.6 Å². The van der Waals surface area contributed by atoms with E-state index in [4.69, 9.17) is 5.11 Å². The standard InChI is InChI=1S/C14H18N2O3/c1-2-12(14(18)19)15-10-5-7-11(8-6-10)16-9-3-4-13(16)17/h5-8,12,15H,2-4,9H2,1H3,(H,18,19). The number of carboxylic acid groups (broad SMARTS) is 1. The molecular weight excluding hydrogens is 244 g/mol. The van der Waals surface area contributed by atoms with Gasteiger partial charge in [-0.15, -0.1) is 0 Å². The minimum Gasteiger partial charge on any atom is -0.480 e. The van der Waals surface area contributed by atoms with Crippen LogP contribution in [-0.4, -0.2) is 29.6 Å². The number of carboxylic acids is 1. The summed E-state index contributed by atoms with van der Waals surface area (Å²) in [6, 6.07) is 6.73. The van der Waals surface area contributed by atoms with Crippen LogP contribution < -0.4 is 10.2 Å². The molecule has 1 aliphatic heterocycles. The van der Waals surface area contributed by atoms with E-state index in [-0.39, 0.29) is 5.91 Å². The highest BCUT2D eigenvalue weighted by Gasteiger charge is 2.21. The first-order valence-corrected chi connectivity index (χ1v) is 6.51. The Bertz CT molecular complexity index is 470. The van der Waals surface area contributed by atoms with Crippen LogP contribution in [0, 0.1) is 0 Å². The Morgan fingerprint density at radius 3 is 2.58 bits per heavy atom. The van der Waals surface area contributed by atoms with Crippen molar-refractivity contribution in [3.05, 3.63) is 24.3 Å². The Morgan fingerprint density at radius 1 is 1.42 bits per heavy atom. The van der Waals surface area contributed by atoms with Gasteiger partial charge in [-0.25, -0.2) is 4.79 Å². The molecule has 1 atom stereocenters. The summed E-state index contributed by atoms with van der Waals surface area (Å²) in [5.41, 5.74) is 1.63. The van der Waals surface area contributed by atoms with Crippen molar-refractivity contribution in [1.82, 2.24) is 0 Å². The molecule has 0 aliphatic carbocycles. The maximum atomic E-state index is 11.6. The lowest BCUT2D eigenvalue weighted by Gasteiger charge is -2.17. The number of benzene rings is 1. The smallest absolute Gasteiger partial charge is 0.326 e. The van der Waals surface area contributed by atoms with Crippen LogP contribution in [0.2, 0.25) is 0 Å². The number of hydrogen-bond acceptors (Lipinski definition) is 3. The Kier molecular flexibility index (Phi) is 4.04. The third-order valence-electron chi connectivity index (χ3n) is 3.30. The number of carbonyl (C=O) groups is 2. The van der Waals surface area contributed by atoms with Gasteiger partial charge in [-0.3, -0.25) is 4.79 Å². The molecule has 1 aromatic carbocycles. The lowest BCUT2D eigenvalue weighted by atomic mass is 10.2. The van der Waals surface area contributed by atoms with E-state index in [1.54, 1.807) is 4.90 Å². The Balaban J connectivity index is 2.06. The van der Waals surface area contributed by atoms with Crippen molar-refractivity contribution in [3.8, 4) is 0 Å². The number of aliphatic carboxylic acids is 1. The first kappa shape index (κ1) is 13.4. The number of nitrogens with zero attached hydrogens (tertiary/aromatic N) is 1. The van der Waals surface area contributed by atoms with E-state index in [0.29, 0.717) is 12.8 Å². The third-order valence-corrected chi connectivity index (χ3v) is 3.30. The molecule has 2 rings (SSSR count). The summed E-state index contributed by atoms with van der Waals surface area (Å²) in [5, 5.41) is 11.9. The van der Waals surface area contributed by atoms with Crippen molar-refractivity contribution < 1.29 is 14.7 Å². The van der Waals surface area contributed by atoms with Gasteiger partial charge in [-0.2, -0.15) is 0 Å². The number of carbonyl (C=O) groups excluding carboxylic acids is 1. The highest BCUT2D eigenvalue weighted by Crippen LogP contribution is 2.23. The van der Waals surface area contributed by atoms with Gasteiger partial charge in [0.25, 0.3) is 0 Å². The second-order valence-corrected chi connectivity index (χ2v) is 4.64. The van der Waals surface area contributed by atoms with E-state index in [1.165, 1.54) is 0 Å². The van der Waals surface area contributed by atoms with Crippen LogP contribution in [0.4, 0.5) is 11.4 Å². The normalized spacial score (nSPS) is 16.5. The van der Waals surface area contributed by atoms with Crippen molar-refractivity contribution in [1.29, 1.82) is 0 Å². The van der Waals surface area contributed by atoms with Crippen molar-refractivity contribution in [2.24, 2.45) is 0 Å². The van der Waals surface area contributed by atoms with Crippen molar-refractivity contribution in [2.75, 3.05) is 16.8 Å². The molecule has 1 heterocycles. The number of amides is 1. The highest BCUT2D eigenvalue weighted by atomic mass is 16.4. The summed E-state index contributed by atoms with van der Waals surface area (Å²) in [4.78, 5) is 24.3. The number of rotatable bonds is 5. The molecule has 1 aliphatic rings. The van der Waals surface area contributed by atoms with Crippen LogP contribution in [0.1, 0.15) is 26.2 Å². The van der Waals surface area contributed by atoms with Crippen LogP contribution in [0.5, 0.6) is 0 Å². The Hall–Kier alpha value is -2.04. The highest BCUT2D eigenvalue weighted by molar-refractivity contribution is 5.95. The molecule has 1 unspecified atom stereocenters. The van der Waals surface area contributed by atoms with E-state index >= 15 is 0 Å². The van der Waals surface area contributed by atoms with Gasteiger partial charge in [-0.1, -0.05) is 6.92 Å². The lowest BCUT2D eigenvalue weighted by molar-refractivity contribution is -0.138. The molecule has 1 amide bonds. The molecule has 2 N–H and O–H groups in total. The van der Waals surface area contributed by atoms with Crippen molar-refractivity contribution in [3.63, 3.8) is 0 Å².